The molecular weight excluding hydrogens is 373 g/mol. The van der Waals surface area contributed by atoms with E-state index in [2.05, 4.69) is 5.32 Å². The van der Waals surface area contributed by atoms with Gasteiger partial charge in [-0.3, -0.25) is 9.59 Å². The van der Waals surface area contributed by atoms with Crippen LogP contribution in [0.3, 0.4) is 0 Å². The van der Waals surface area contributed by atoms with E-state index >= 15 is 0 Å². The van der Waals surface area contributed by atoms with Crippen molar-refractivity contribution in [2.75, 3.05) is 25.0 Å². The number of hydrogen-bond donors (Lipinski definition) is 1. The highest BCUT2D eigenvalue weighted by Gasteiger charge is 2.12. The maximum Gasteiger partial charge on any atom is 0.262 e. The number of ether oxygens (including phenoxy) is 1. The second kappa shape index (κ2) is 9.23. The first kappa shape index (κ1) is 20.4. The molecule has 1 N–H and O–H groups in total. The first-order chi connectivity index (χ1) is 14.0. The fraction of sp³-hybridized carbons (Fsp3) is 0.273. The minimum Gasteiger partial charge on any atom is -0.484 e. The zero-order valence-corrected chi connectivity index (χ0v) is 16.5. The molecule has 0 spiro atoms. The molecule has 29 heavy (non-hydrogen) atoms. The Morgan fingerprint density at radius 2 is 1.79 bits per heavy atom. The van der Waals surface area contributed by atoms with Crippen LogP contribution in [0.4, 0.5) is 10.1 Å². The molecule has 0 atom stereocenters. The molecule has 7 heteroatoms. The third-order valence-electron chi connectivity index (χ3n) is 4.66. The Bertz CT molecular complexity index is 994. The van der Waals surface area contributed by atoms with Gasteiger partial charge in [0.15, 0.2) is 6.61 Å². The molecule has 0 aliphatic carbocycles. The van der Waals surface area contributed by atoms with Gasteiger partial charge in [0.2, 0.25) is 5.91 Å². The number of likely N-dealkylation sites (N-methyl/N-ethyl adjacent to an activating group) is 1. The normalized spacial score (nSPS) is 10.7. The Morgan fingerprint density at radius 1 is 1.07 bits per heavy atom. The summed E-state index contributed by atoms with van der Waals surface area (Å²) in [5.74, 6) is -0.180. The van der Waals surface area contributed by atoms with Crippen LogP contribution in [0.2, 0.25) is 0 Å². The molecule has 0 saturated carbocycles. The van der Waals surface area contributed by atoms with Crippen molar-refractivity contribution < 1.29 is 18.7 Å². The van der Waals surface area contributed by atoms with E-state index in [0.717, 1.165) is 10.9 Å². The van der Waals surface area contributed by atoms with E-state index in [1.54, 1.807) is 11.0 Å². The molecule has 0 saturated heterocycles. The second-order valence-electron chi connectivity index (χ2n) is 6.57. The van der Waals surface area contributed by atoms with Crippen LogP contribution in [0, 0.1) is 5.82 Å². The van der Waals surface area contributed by atoms with Gasteiger partial charge in [-0.1, -0.05) is 0 Å². The molecule has 1 aromatic heterocycles. The van der Waals surface area contributed by atoms with Crippen LogP contribution >= 0.6 is 0 Å². The van der Waals surface area contributed by atoms with E-state index in [0.29, 0.717) is 24.5 Å². The lowest BCUT2D eigenvalue weighted by Gasteiger charge is -2.19. The summed E-state index contributed by atoms with van der Waals surface area (Å²) in [6, 6.07) is 12.9. The van der Waals surface area contributed by atoms with Gasteiger partial charge >= 0.3 is 0 Å². The Balaban J connectivity index is 1.62. The van der Waals surface area contributed by atoms with Crippen molar-refractivity contribution in [3.05, 3.63) is 60.5 Å². The predicted octanol–water partition coefficient (Wildman–Crippen LogP) is 3.67. The van der Waals surface area contributed by atoms with Gasteiger partial charge < -0.3 is 19.5 Å². The average molecular weight is 397 g/mol. The summed E-state index contributed by atoms with van der Waals surface area (Å²) < 4.78 is 20.1. The standard InChI is InChI=1S/C22H24FN3O3/c1-3-25(4-2)22(28)14-26-12-11-16-13-18(7-10-20(16)26)24-21(27)15-29-19-8-5-17(23)6-9-19/h5-13H,3-4,14-15H2,1-2H3,(H,24,27). The molecule has 0 aliphatic heterocycles. The van der Waals surface area contributed by atoms with Gasteiger partial charge in [0, 0.05) is 35.9 Å². The van der Waals surface area contributed by atoms with E-state index in [4.69, 9.17) is 4.74 Å². The largest absolute Gasteiger partial charge is 0.484 e. The van der Waals surface area contributed by atoms with E-state index < -0.39 is 0 Å². The number of carbonyl (C=O) groups excluding carboxylic acids is 2. The fourth-order valence-corrected chi connectivity index (χ4v) is 3.11. The molecule has 0 fully saturated rings. The van der Waals surface area contributed by atoms with Gasteiger partial charge in [0.25, 0.3) is 5.91 Å². The monoisotopic (exact) mass is 397 g/mol. The van der Waals surface area contributed by atoms with Gasteiger partial charge in [-0.2, -0.15) is 0 Å². The Morgan fingerprint density at radius 3 is 2.48 bits per heavy atom. The number of nitrogens with zero attached hydrogens (tertiary/aromatic N) is 2. The molecule has 2 aromatic carbocycles. The minimum absolute atomic E-state index is 0.0721. The molecule has 0 unspecified atom stereocenters. The van der Waals surface area contributed by atoms with Crippen LogP contribution in [-0.4, -0.2) is 41.0 Å². The average Bonchev–Trinajstić information content (AvgIpc) is 3.10. The lowest BCUT2D eigenvalue weighted by Crippen LogP contribution is -2.33. The first-order valence-corrected chi connectivity index (χ1v) is 9.55. The summed E-state index contributed by atoms with van der Waals surface area (Å²) in [7, 11) is 0. The predicted molar refractivity (Wildman–Crippen MR) is 110 cm³/mol. The van der Waals surface area contributed by atoms with Gasteiger partial charge in [-0.15, -0.1) is 0 Å². The third-order valence-corrected chi connectivity index (χ3v) is 4.66. The van der Waals surface area contributed by atoms with Crippen molar-refractivity contribution in [1.82, 2.24) is 9.47 Å². The number of rotatable bonds is 8. The summed E-state index contributed by atoms with van der Waals surface area (Å²) in [5.41, 5.74) is 1.56. The van der Waals surface area contributed by atoms with Crippen molar-refractivity contribution >= 4 is 28.4 Å². The van der Waals surface area contributed by atoms with E-state index in [-0.39, 0.29) is 30.8 Å². The maximum atomic E-state index is 12.9. The van der Waals surface area contributed by atoms with Gasteiger partial charge in [0.05, 0.1) is 0 Å². The van der Waals surface area contributed by atoms with Crippen LogP contribution in [0.25, 0.3) is 10.9 Å². The van der Waals surface area contributed by atoms with Crippen LogP contribution in [0.5, 0.6) is 5.75 Å². The van der Waals surface area contributed by atoms with Crippen molar-refractivity contribution in [2.45, 2.75) is 20.4 Å². The molecule has 152 valence electrons. The fourth-order valence-electron chi connectivity index (χ4n) is 3.11. The summed E-state index contributed by atoms with van der Waals surface area (Å²) in [4.78, 5) is 26.3. The number of nitrogens with one attached hydrogen (secondary N) is 1. The van der Waals surface area contributed by atoms with Crippen LogP contribution in [0.15, 0.2) is 54.7 Å². The molecule has 0 bridgehead atoms. The third kappa shape index (κ3) is 5.13. The molecule has 3 rings (SSSR count). The first-order valence-electron chi connectivity index (χ1n) is 9.55. The van der Waals surface area contributed by atoms with E-state index in [1.165, 1.54) is 24.3 Å². The van der Waals surface area contributed by atoms with Gasteiger partial charge in [0.1, 0.15) is 18.1 Å². The zero-order chi connectivity index (χ0) is 20.8. The lowest BCUT2D eigenvalue weighted by atomic mass is 10.2. The number of anilines is 1. The summed E-state index contributed by atoms with van der Waals surface area (Å²) >= 11 is 0. The lowest BCUT2D eigenvalue weighted by molar-refractivity contribution is -0.131. The Hall–Kier alpha value is -3.35. The van der Waals surface area contributed by atoms with Crippen molar-refractivity contribution in [3.8, 4) is 5.75 Å². The van der Waals surface area contributed by atoms with Crippen molar-refractivity contribution in [1.29, 1.82) is 0 Å². The molecule has 0 radical (unpaired) electrons. The van der Waals surface area contributed by atoms with Crippen LogP contribution in [0.1, 0.15) is 13.8 Å². The minimum atomic E-state index is -0.360. The van der Waals surface area contributed by atoms with Crippen LogP contribution in [-0.2, 0) is 16.1 Å². The highest BCUT2D eigenvalue weighted by Crippen LogP contribution is 2.21. The van der Waals surface area contributed by atoms with Crippen molar-refractivity contribution in [2.24, 2.45) is 0 Å². The number of hydrogen-bond acceptors (Lipinski definition) is 3. The van der Waals surface area contributed by atoms with Crippen LogP contribution < -0.4 is 10.1 Å². The highest BCUT2D eigenvalue weighted by atomic mass is 19.1. The summed E-state index contributed by atoms with van der Waals surface area (Å²) in [6.45, 7) is 5.40. The van der Waals surface area contributed by atoms with E-state index in [9.17, 15) is 14.0 Å². The topological polar surface area (TPSA) is 63.6 Å². The SMILES string of the molecule is CCN(CC)C(=O)Cn1ccc2cc(NC(=O)COc3ccc(F)cc3)ccc21. The smallest absolute Gasteiger partial charge is 0.262 e. The quantitative estimate of drug-likeness (QED) is 0.631. The number of amides is 2. The Labute approximate surface area is 168 Å². The van der Waals surface area contributed by atoms with E-state index in [1.807, 2.05) is 42.8 Å². The molecule has 6 nitrogen and oxygen atoms in total. The number of fused-ring (bicyclic) bond motifs is 1. The van der Waals surface area contributed by atoms with Gasteiger partial charge in [-0.25, -0.2) is 4.39 Å². The molecular formula is C22H24FN3O3. The number of benzene rings is 2. The molecule has 0 aliphatic rings. The zero-order valence-electron chi connectivity index (χ0n) is 16.5. The number of aromatic nitrogens is 1. The second-order valence-corrected chi connectivity index (χ2v) is 6.57. The molecule has 1 heterocycles. The molecule has 3 aromatic rings. The molecule has 2 amide bonds. The van der Waals surface area contributed by atoms with Gasteiger partial charge in [-0.05, 0) is 62.4 Å². The number of halogens is 1. The summed E-state index contributed by atoms with van der Waals surface area (Å²) in [6.07, 6.45) is 1.87. The Kier molecular flexibility index (Phi) is 6.49. The highest BCUT2D eigenvalue weighted by molar-refractivity contribution is 5.95. The maximum absolute atomic E-state index is 12.9. The van der Waals surface area contributed by atoms with Crippen molar-refractivity contribution in [3.63, 3.8) is 0 Å². The number of carbonyl (C=O) groups is 2. The summed E-state index contributed by atoms with van der Waals surface area (Å²) in [5, 5.41) is 3.71.